The predicted molar refractivity (Wildman–Crippen MR) is 34.0 cm³/mol. The van der Waals surface area contributed by atoms with Crippen LogP contribution in [0.25, 0.3) is 10.2 Å². The summed E-state index contributed by atoms with van der Waals surface area (Å²) >= 11 is 1.56. The standard InChI is InChI=1S/C6H3NS.2Li/c1-3-7-6-5(1)2-4-8-6;;/h1-3H;;/q-2;2*+1. The van der Waals surface area contributed by atoms with Crippen molar-refractivity contribution in [3.63, 3.8) is 0 Å². The second-order valence-corrected chi connectivity index (χ2v) is 2.40. The third-order valence-electron chi connectivity index (χ3n) is 1.06. The van der Waals surface area contributed by atoms with Crippen molar-refractivity contribution in [1.29, 1.82) is 0 Å². The van der Waals surface area contributed by atoms with Crippen LogP contribution in [-0.4, -0.2) is 0 Å². The molecule has 10 heavy (non-hydrogen) atoms. The fraction of sp³-hybridized carbons (Fsp3) is 0. The molecule has 0 unspecified atom stereocenters. The number of hydrogen-bond acceptors (Lipinski definition) is 1. The summed E-state index contributed by atoms with van der Waals surface area (Å²) in [7, 11) is 0. The number of hydrogen-bond donors (Lipinski definition) is 0. The second kappa shape index (κ2) is 4.34. The molecular weight excluding hydrogens is 132 g/mol. The Morgan fingerprint density at radius 3 is 2.90 bits per heavy atom. The minimum Gasteiger partial charge on any atom is -0.724 e. The summed E-state index contributed by atoms with van der Waals surface area (Å²) in [5, 5.41) is 4.20. The van der Waals surface area contributed by atoms with Crippen LogP contribution in [0.1, 0.15) is 0 Å². The van der Waals surface area contributed by atoms with Crippen molar-refractivity contribution in [1.82, 2.24) is 4.98 Å². The Bertz CT molecular complexity index is 237. The molecule has 0 fully saturated rings. The van der Waals surface area contributed by atoms with Crippen LogP contribution in [0.3, 0.4) is 0 Å². The number of aromatic nitrogens is 1. The van der Waals surface area contributed by atoms with Crippen LogP contribution in [0.2, 0.25) is 0 Å². The Morgan fingerprint density at radius 2 is 2.20 bits per heavy atom. The molecule has 2 heterocycles. The Balaban J connectivity index is 0.000000405. The van der Waals surface area contributed by atoms with E-state index < -0.39 is 0 Å². The number of nitrogens with zero attached hydrogens (tertiary/aromatic N) is 1. The van der Waals surface area contributed by atoms with Gasteiger partial charge in [-0.2, -0.15) is 17.6 Å². The molecule has 0 aliphatic heterocycles. The number of thiophene rings is 1. The van der Waals surface area contributed by atoms with Gasteiger partial charge < -0.3 is 16.3 Å². The van der Waals surface area contributed by atoms with E-state index in [0.717, 1.165) is 4.83 Å². The maximum Gasteiger partial charge on any atom is 1.00 e. The molecule has 2 aromatic heterocycles. The molecule has 2 aromatic rings. The smallest absolute Gasteiger partial charge is 0.724 e. The first kappa shape index (κ1) is 10.4. The summed E-state index contributed by atoms with van der Waals surface area (Å²) in [5.41, 5.74) is 0. The molecular formula is C6H3Li2NS. The molecule has 0 saturated carbocycles. The zero-order valence-corrected chi connectivity index (χ0v) is 6.90. The van der Waals surface area contributed by atoms with Crippen LogP contribution >= 0.6 is 11.3 Å². The Kier molecular flexibility index (Phi) is 4.53. The summed E-state index contributed by atoms with van der Waals surface area (Å²) in [6.45, 7) is 0. The van der Waals surface area contributed by atoms with Gasteiger partial charge in [0.1, 0.15) is 0 Å². The van der Waals surface area contributed by atoms with E-state index in [1.807, 2.05) is 18.3 Å². The van der Waals surface area contributed by atoms with Crippen LogP contribution in [0.4, 0.5) is 0 Å². The van der Waals surface area contributed by atoms with E-state index in [-0.39, 0.29) is 37.7 Å². The molecule has 0 N–H and O–H groups in total. The van der Waals surface area contributed by atoms with Crippen LogP contribution in [0.15, 0.2) is 18.3 Å². The fourth-order valence-corrected chi connectivity index (χ4v) is 1.33. The average molecular weight is 135 g/mol. The van der Waals surface area contributed by atoms with Crippen LogP contribution < -0.4 is 42.7 Å². The summed E-state index contributed by atoms with van der Waals surface area (Å²) < 4.78 is 0. The van der Waals surface area contributed by atoms with E-state index in [4.69, 9.17) is 0 Å². The molecule has 0 amide bonds. The largest absolute Gasteiger partial charge is 1.00 e. The first-order valence-corrected chi connectivity index (χ1v) is 3.16. The molecule has 0 aromatic carbocycles. The summed E-state index contributed by atoms with van der Waals surface area (Å²) in [5.74, 6) is 0. The molecule has 4 heteroatoms. The molecule has 2 rings (SSSR count). The van der Waals surface area contributed by atoms with Gasteiger partial charge in [0.2, 0.25) is 0 Å². The summed E-state index contributed by atoms with van der Waals surface area (Å²) in [4.78, 5) is 5.15. The van der Waals surface area contributed by atoms with Crippen molar-refractivity contribution in [2.45, 2.75) is 0 Å². The zero-order valence-electron chi connectivity index (χ0n) is 6.09. The molecule has 0 atom stereocenters. The minimum atomic E-state index is 0. The van der Waals surface area contributed by atoms with Gasteiger partial charge in [-0.25, -0.2) is 4.83 Å². The van der Waals surface area contributed by atoms with Gasteiger partial charge in [-0.15, -0.1) is 11.4 Å². The van der Waals surface area contributed by atoms with Gasteiger partial charge in [-0.05, 0) is 0 Å². The summed E-state index contributed by atoms with van der Waals surface area (Å²) in [6, 6.07) is 3.94. The van der Waals surface area contributed by atoms with Gasteiger partial charge in [-0.3, -0.25) is 0 Å². The third kappa shape index (κ3) is 1.73. The fourth-order valence-electron chi connectivity index (χ4n) is 0.675. The molecule has 1 nitrogen and oxygen atoms in total. The normalized spacial score (nSPS) is 8.40. The molecule has 40 valence electrons. The van der Waals surface area contributed by atoms with E-state index in [9.17, 15) is 0 Å². The molecule has 0 aliphatic carbocycles. The van der Waals surface area contributed by atoms with Gasteiger partial charge in [0.05, 0.1) is 0 Å². The van der Waals surface area contributed by atoms with E-state index in [0.29, 0.717) is 0 Å². The van der Waals surface area contributed by atoms with Crippen LogP contribution in [0.5, 0.6) is 0 Å². The molecule has 0 spiro atoms. The molecule has 0 saturated heterocycles. The Morgan fingerprint density at radius 1 is 1.40 bits per heavy atom. The Hall–Kier alpha value is 0.435. The van der Waals surface area contributed by atoms with Gasteiger partial charge in [-0.1, -0.05) is 0 Å². The van der Waals surface area contributed by atoms with Gasteiger partial charge in [0, 0.05) is 0 Å². The molecule has 0 radical (unpaired) electrons. The zero-order chi connectivity index (χ0) is 5.40. The van der Waals surface area contributed by atoms with Crippen molar-refractivity contribution in [2.24, 2.45) is 0 Å². The SMILES string of the molecule is [Li+].[Li+].[c-]1cc2cc[n-]c2s1. The van der Waals surface area contributed by atoms with E-state index >= 15 is 0 Å². The number of rotatable bonds is 0. The van der Waals surface area contributed by atoms with E-state index in [1.165, 1.54) is 5.39 Å². The topological polar surface area (TPSA) is 14.1 Å². The van der Waals surface area contributed by atoms with E-state index in [2.05, 4.69) is 10.4 Å². The average Bonchev–Trinajstić information content (AvgIpc) is 2.15. The predicted octanol–water partition coefficient (Wildman–Crippen LogP) is -4.33. The van der Waals surface area contributed by atoms with Crippen LogP contribution in [-0.2, 0) is 0 Å². The minimum absolute atomic E-state index is 0. The van der Waals surface area contributed by atoms with Crippen molar-refractivity contribution in [3.8, 4) is 0 Å². The van der Waals surface area contributed by atoms with Gasteiger partial charge in [0.25, 0.3) is 0 Å². The van der Waals surface area contributed by atoms with Crippen molar-refractivity contribution in [2.75, 3.05) is 0 Å². The van der Waals surface area contributed by atoms with Gasteiger partial charge in [0.15, 0.2) is 0 Å². The maximum absolute atomic E-state index is 4.07. The maximum atomic E-state index is 4.07. The molecule has 0 aliphatic rings. The summed E-state index contributed by atoms with van der Waals surface area (Å²) in [6.07, 6.45) is 1.81. The Labute approximate surface area is 87.6 Å². The molecule has 0 bridgehead atoms. The quantitative estimate of drug-likeness (QED) is 0.263. The number of fused-ring (bicyclic) bond motifs is 1. The monoisotopic (exact) mass is 135 g/mol. The van der Waals surface area contributed by atoms with Crippen molar-refractivity contribution in [3.05, 3.63) is 23.7 Å². The van der Waals surface area contributed by atoms with Crippen LogP contribution in [0, 0.1) is 5.38 Å². The van der Waals surface area contributed by atoms with Gasteiger partial charge >= 0.3 is 37.7 Å². The third-order valence-corrected chi connectivity index (χ3v) is 1.83. The first-order valence-electron chi connectivity index (χ1n) is 2.34. The van der Waals surface area contributed by atoms with E-state index in [1.54, 1.807) is 11.3 Å². The van der Waals surface area contributed by atoms with Crippen molar-refractivity contribution >= 4 is 21.6 Å². The van der Waals surface area contributed by atoms with Crippen molar-refractivity contribution < 1.29 is 37.7 Å². The second-order valence-electron chi connectivity index (χ2n) is 1.57. The first-order chi connectivity index (χ1) is 3.97.